The van der Waals surface area contributed by atoms with Crippen LogP contribution in [0, 0.1) is 0 Å². The summed E-state index contributed by atoms with van der Waals surface area (Å²) < 4.78 is 6.93. The molecule has 0 saturated carbocycles. The highest BCUT2D eigenvalue weighted by Crippen LogP contribution is 2.44. The van der Waals surface area contributed by atoms with Crippen LogP contribution in [0.1, 0.15) is 33.3 Å². The Balaban J connectivity index is 1.98. The summed E-state index contributed by atoms with van der Waals surface area (Å²) >= 11 is 7.28. The Bertz CT molecular complexity index is 1050. The molecule has 2 aromatic carbocycles. The summed E-state index contributed by atoms with van der Waals surface area (Å²) in [5.41, 5.74) is 3.95. The summed E-state index contributed by atoms with van der Waals surface area (Å²) in [5, 5.41) is 4.04. The molecule has 0 radical (unpaired) electrons. The number of esters is 1. The Morgan fingerprint density at radius 1 is 1.22 bits per heavy atom. The number of hydrogen-bond acceptors (Lipinski definition) is 5. The third-order valence-corrected chi connectivity index (χ3v) is 5.60. The van der Waals surface area contributed by atoms with Gasteiger partial charge >= 0.3 is 5.97 Å². The maximum atomic E-state index is 12.5. The molecule has 0 fully saturated rings. The molecule has 0 N–H and O–H groups in total. The smallest absolute Gasteiger partial charge is 0.359 e. The van der Waals surface area contributed by atoms with Gasteiger partial charge in [0.15, 0.2) is 5.69 Å². The van der Waals surface area contributed by atoms with E-state index >= 15 is 0 Å². The topological polar surface area (TPSA) is 61.2 Å². The van der Waals surface area contributed by atoms with Gasteiger partial charge in [-0.25, -0.2) is 9.48 Å². The van der Waals surface area contributed by atoms with Crippen molar-refractivity contribution < 1.29 is 14.3 Å². The molecule has 1 aromatic heterocycles. The number of rotatable bonds is 4. The van der Waals surface area contributed by atoms with Gasteiger partial charge in [0.2, 0.25) is 0 Å². The predicted octanol–water partition coefficient (Wildman–Crippen LogP) is 4.70. The first-order valence-corrected chi connectivity index (χ1v) is 9.78. The maximum absolute atomic E-state index is 12.5. The predicted molar refractivity (Wildman–Crippen MR) is 105 cm³/mol. The van der Waals surface area contributed by atoms with Crippen molar-refractivity contribution in [1.82, 2.24) is 9.78 Å². The number of fused-ring (bicyclic) bond motifs is 3. The van der Waals surface area contributed by atoms with Gasteiger partial charge in [-0.05, 0) is 48.9 Å². The molecule has 136 valence electrons. The van der Waals surface area contributed by atoms with Crippen LogP contribution in [0.5, 0.6) is 0 Å². The highest BCUT2D eigenvalue weighted by atomic mass is 35.5. The van der Waals surface area contributed by atoms with Crippen molar-refractivity contribution >= 4 is 34.6 Å². The number of ether oxygens (including phenoxy) is 1. The van der Waals surface area contributed by atoms with Gasteiger partial charge in [0, 0.05) is 27.3 Å². The highest BCUT2D eigenvalue weighted by Gasteiger charge is 2.30. The second-order valence-corrected chi connectivity index (χ2v) is 7.28. The van der Waals surface area contributed by atoms with E-state index in [0.717, 1.165) is 27.4 Å². The third kappa shape index (κ3) is 3.15. The van der Waals surface area contributed by atoms with Gasteiger partial charge < -0.3 is 4.74 Å². The number of halogens is 1. The zero-order valence-corrected chi connectivity index (χ0v) is 16.0. The lowest BCUT2D eigenvalue weighted by Crippen LogP contribution is -2.08. The van der Waals surface area contributed by atoms with Crippen LogP contribution in [0.2, 0.25) is 0 Å². The fourth-order valence-electron chi connectivity index (χ4n) is 3.10. The number of para-hydroxylation sites is 1. The lowest BCUT2D eigenvalue weighted by molar-refractivity contribution is 0.0518. The lowest BCUT2D eigenvalue weighted by Gasteiger charge is -2.19. The van der Waals surface area contributed by atoms with Crippen LogP contribution >= 0.6 is 23.4 Å². The SMILES string of the molecule is CCOC(=O)c1nn(-c2ccccc2)c2c1CSc1ccc(C(=O)Cl)cc1-2. The monoisotopic (exact) mass is 398 g/mol. The van der Waals surface area contributed by atoms with Crippen molar-refractivity contribution in [2.24, 2.45) is 0 Å². The van der Waals surface area contributed by atoms with Crippen molar-refractivity contribution in [2.45, 2.75) is 17.6 Å². The highest BCUT2D eigenvalue weighted by molar-refractivity contribution is 7.98. The molecule has 27 heavy (non-hydrogen) atoms. The van der Waals surface area contributed by atoms with Crippen LogP contribution in [0.4, 0.5) is 0 Å². The summed E-state index contributed by atoms with van der Waals surface area (Å²) in [4.78, 5) is 25.1. The Morgan fingerprint density at radius 3 is 2.70 bits per heavy atom. The zero-order chi connectivity index (χ0) is 19.0. The maximum Gasteiger partial charge on any atom is 0.359 e. The fourth-order valence-corrected chi connectivity index (χ4v) is 4.26. The summed E-state index contributed by atoms with van der Waals surface area (Å²) in [6, 6.07) is 14.9. The van der Waals surface area contributed by atoms with Crippen molar-refractivity contribution in [1.29, 1.82) is 0 Å². The molecule has 0 spiro atoms. The molecule has 0 saturated heterocycles. The minimum Gasteiger partial charge on any atom is -0.461 e. The number of nitrogens with zero attached hydrogens (tertiary/aromatic N) is 2. The zero-order valence-electron chi connectivity index (χ0n) is 14.4. The minimum atomic E-state index is -0.522. The van der Waals surface area contributed by atoms with E-state index in [9.17, 15) is 9.59 Å². The molecular formula is C20H15ClN2O3S. The summed E-state index contributed by atoms with van der Waals surface area (Å²) in [5.74, 6) is 0.148. The minimum absolute atomic E-state index is 0.278. The van der Waals surface area contributed by atoms with Gasteiger partial charge in [-0.2, -0.15) is 5.10 Å². The van der Waals surface area contributed by atoms with Gasteiger partial charge in [-0.15, -0.1) is 11.8 Å². The summed E-state index contributed by atoms with van der Waals surface area (Å²) in [6.07, 6.45) is 0. The Hall–Kier alpha value is -2.57. The molecular weight excluding hydrogens is 384 g/mol. The van der Waals surface area contributed by atoms with Gasteiger partial charge in [-0.1, -0.05) is 18.2 Å². The van der Waals surface area contributed by atoms with Gasteiger partial charge in [0.1, 0.15) is 0 Å². The van der Waals surface area contributed by atoms with E-state index in [0.29, 0.717) is 17.0 Å². The van der Waals surface area contributed by atoms with E-state index in [4.69, 9.17) is 16.3 Å². The normalized spacial score (nSPS) is 12.2. The molecule has 2 heterocycles. The van der Waals surface area contributed by atoms with E-state index in [1.54, 1.807) is 35.5 Å². The van der Waals surface area contributed by atoms with E-state index in [1.165, 1.54) is 0 Å². The van der Waals surface area contributed by atoms with Gasteiger partial charge in [-0.3, -0.25) is 4.79 Å². The average Bonchev–Trinajstić information content (AvgIpc) is 3.08. The number of aromatic nitrogens is 2. The van der Waals surface area contributed by atoms with Crippen LogP contribution < -0.4 is 0 Å². The van der Waals surface area contributed by atoms with E-state index < -0.39 is 11.2 Å². The Kier molecular flexibility index (Phi) is 4.76. The quantitative estimate of drug-likeness (QED) is 0.471. The molecule has 0 bridgehead atoms. The molecule has 0 amide bonds. The first-order valence-electron chi connectivity index (χ1n) is 8.41. The van der Waals surface area contributed by atoms with E-state index in [2.05, 4.69) is 5.10 Å². The van der Waals surface area contributed by atoms with E-state index in [-0.39, 0.29) is 6.61 Å². The molecule has 7 heteroatoms. The van der Waals surface area contributed by atoms with E-state index in [1.807, 2.05) is 36.4 Å². The molecule has 4 rings (SSSR count). The first kappa shape index (κ1) is 17.8. The van der Waals surface area contributed by atoms with Crippen LogP contribution in [0.3, 0.4) is 0 Å². The molecule has 5 nitrogen and oxygen atoms in total. The average molecular weight is 399 g/mol. The molecule has 1 aliphatic rings. The van der Waals surface area contributed by atoms with Gasteiger partial charge in [0.05, 0.1) is 18.0 Å². The fraction of sp³-hybridized carbons (Fsp3) is 0.150. The Labute approximate surface area is 165 Å². The molecule has 1 aliphatic heterocycles. The van der Waals surface area contributed by atoms with Crippen molar-refractivity contribution in [3.8, 4) is 16.9 Å². The van der Waals surface area contributed by atoms with Crippen LogP contribution in [0.15, 0.2) is 53.4 Å². The van der Waals surface area contributed by atoms with Crippen molar-refractivity contribution in [3.63, 3.8) is 0 Å². The summed E-state index contributed by atoms with van der Waals surface area (Å²) in [7, 11) is 0. The largest absolute Gasteiger partial charge is 0.461 e. The third-order valence-electron chi connectivity index (χ3n) is 4.29. The van der Waals surface area contributed by atoms with Gasteiger partial charge in [0.25, 0.3) is 5.24 Å². The number of carbonyl (C=O) groups is 2. The number of thioether (sulfide) groups is 1. The summed E-state index contributed by atoms with van der Waals surface area (Å²) in [6.45, 7) is 2.04. The standard InChI is InChI=1S/C20H15ClN2O3S/c1-2-26-20(25)17-15-11-27-16-9-8-12(19(21)24)10-14(16)18(15)23(22-17)13-6-4-3-5-7-13/h3-10H,2,11H2,1H3. The van der Waals surface area contributed by atoms with Crippen LogP contribution in [-0.2, 0) is 10.5 Å². The van der Waals surface area contributed by atoms with Crippen molar-refractivity contribution in [2.75, 3.05) is 6.61 Å². The Morgan fingerprint density at radius 2 is 2.00 bits per heavy atom. The lowest BCUT2D eigenvalue weighted by atomic mass is 10.0. The van der Waals surface area contributed by atoms with Crippen LogP contribution in [0.25, 0.3) is 16.9 Å². The van der Waals surface area contributed by atoms with Crippen molar-refractivity contribution in [3.05, 3.63) is 65.4 Å². The second-order valence-electron chi connectivity index (χ2n) is 5.92. The first-order chi connectivity index (χ1) is 13.1. The number of carbonyl (C=O) groups excluding carboxylic acids is 2. The molecule has 3 aromatic rings. The number of benzene rings is 2. The molecule has 0 unspecified atom stereocenters. The van der Waals surface area contributed by atoms with Crippen LogP contribution in [-0.4, -0.2) is 27.6 Å². The molecule has 0 atom stereocenters. The molecule has 0 aliphatic carbocycles. The number of hydrogen-bond donors (Lipinski definition) is 0. The second kappa shape index (κ2) is 7.21.